The van der Waals surface area contributed by atoms with Crippen LogP contribution in [-0.4, -0.2) is 5.91 Å². The van der Waals surface area contributed by atoms with Gasteiger partial charge in [-0.1, -0.05) is 12.5 Å². The average Bonchev–Trinajstić information content (AvgIpc) is 2.96. The van der Waals surface area contributed by atoms with E-state index in [1.165, 1.54) is 28.4 Å². The van der Waals surface area contributed by atoms with Crippen LogP contribution in [0.2, 0.25) is 0 Å². The van der Waals surface area contributed by atoms with Crippen molar-refractivity contribution >= 4 is 34.2 Å². The van der Waals surface area contributed by atoms with Crippen LogP contribution < -0.4 is 5.32 Å². The first-order chi connectivity index (χ1) is 8.63. The molecular weight excluding hydrogens is 337 g/mol. The van der Waals surface area contributed by atoms with E-state index in [9.17, 15) is 4.79 Å². The molecule has 0 saturated heterocycles. The number of benzene rings is 1. The molecule has 2 saturated carbocycles. The molecule has 0 heterocycles. The van der Waals surface area contributed by atoms with E-state index in [2.05, 4.69) is 47.0 Å². The Bertz CT molecular complexity index is 485. The van der Waals surface area contributed by atoms with Crippen molar-refractivity contribution in [3.8, 4) is 0 Å². The number of carbonyl (C=O) groups excluding carboxylic acids is 1. The summed E-state index contributed by atoms with van der Waals surface area (Å²) in [6.45, 7) is 2.09. The maximum atomic E-state index is 12.3. The van der Waals surface area contributed by atoms with Crippen LogP contribution in [-0.2, 0) is 4.79 Å². The van der Waals surface area contributed by atoms with Crippen LogP contribution >= 0.6 is 22.6 Å². The summed E-state index contributed by atoms with van der Waals surface area (Å²) in [6, 6.07) is 6.13. The van der Waals surface area contributed by atoms with Gasteiger partial charge in [-0.3, -0.25) is 4.79 Å². The Morgan fingerprint density at radius 1 is 1.33 bits per heavy atom. The molecule has 2 bridgehead atoms. The molecule has 2 fully saturated rings. The second kappa shape index (κ2) is 4.83. The van der Waals surface area contributed by atoms with Gasteiger partial charge < -0.3 is 5.32 Å². The highest BCUT2D eigenvalue weighted by Crippen LogP contribution is 2.48. The zero-order valence-corrected chi connectivity index (χ0v) is 12.7. The van der Waals surface area contributed by atoms with Gasteiger partial charge in [0, 0.05) is 15.2 Å². The molecule has 3 unspecified atom stereocenters. The quantitative estimate of drug-likeness (QED) is 0.799. The predicted molar refractivity (Wildman–Crippen MR) is 81.5 cm³/mol. The van der Waals surface area contributed by atoms with Crippen LogP contribution in [0.1, 0.15) is 31.2 Å². The Kier molecular flexibility index (Phi) is 3.34. The lowest BCUT2D eigenvalue weighted by atomic mass is 9.88. The molecule has 3 atom stereocenters. The third-order valence-corrected chi connectivity index (χ3v) is 5.68. The summed E-state index contributed by atoms with van der Waals surface area (Å²) >= 11 is 2.31. The molecule has 2 nitrogen and oxygen atoms in total. The minimum atomic E-state index is 0.238. The molecule has 0 aliphatic heterocycles. The summed E-state index contributed by atoms with van der Waals surface area (Å²) in [5, 5.41) is 3.09. The van der Waals surface area contributed by atoms with Gasteiger partial charge in [-0.15, -0.1) is 0 Å². The van der Waals surface area contributed by atoms with Gasteiger partial charge in [-0.05, 0) is 78.3 Å². The minimum absolute atomic E-state index is 0.238. The SMILES string of the molecule is Cc1ccc(NC(=O)C2CC3CCC2C3)cc1I. The molecule has 0 aromatic heterocycles. The number of aryl methyl sites for hydroxylation is 1. The molecule has 96 valence electrons. The number of halogens is 1. The van der Waals surface area contributed by atoms with Crippen molar-refractivity contribution in [2.75, 3.05) is 5.32 Å². The van der Waals surface area contributed by atoms with Crippen LogP contribution in [0, 0.1) is 28.2 Å². The number of rotatable bonds is 2. The highest BCUT2D eigenvalue weighted by Gasteiger charge is 2.42. The van der Waals surface area contributed by atoms with Crippen LogP contribution in [0.15, 0.2) is 18.2 Å². The van der Waals surface area contributed by atoms with Crippen molar-refractivity contribution in [3.05, 3.63) is 27.3 Å². The predicted octanol–water partition coefficient (Wildman–Crippen LogP) is 3.97. The monoisotopic (exact) mass is 355 g/mol. The van der Waals surface area contributed by atoms with Crippen LogP contribution in [0.3, 0.4) is 0 Å². The van der Waals surface area contributed by atoms with E-state index in [1.54, 1.807) is 0 Å². The van der Waals surface area contributed by atoms with Crippen molar-refractivity contribution in [1.82, 2.24) is 0 Å². The summed E-state index contributed by atoms with van der Waals surface area (Å²) in [5.41, 5.74) is 2.20. The van der Waals surface area contributed by atoms with Gasteiger partial charge in [0.2, 0.25) is 5.91 Å². The molecule has 3 rings (SSSR count). The van der Waals surface area contributed by atoms with Gasteiger partial charge in [0.25, 0.3) is 0 Å². The zero-order chi connectivity index (χ0) is 12.7. The van der Waals surface area contributed by atoms with Gasteiger partial charge in [0.1, 0.15) is 0 Å². The fourth-order valence-corrected chi connectivity index (χ4v) is 3.99. The molecule has 1 aromatic rings. The fourth-order valence-electron chi connectivity index (χ4n) is 3.47. The summed E-state index contributed by atoms with van der Waals surface area (Å²) in [7, 11) is 0. The topological polar surface area (TPSA) is 29.1 Å². The minimum Gasteiger partial charge on any atom is -0.326 e. The molecule has 2 aliphatic carbocycles. The summed E-state index contributed by atoms with van der Waals surface area (Å²) < 4.78 is 1.21. The first-order valence-corrected chi connectivity index (χ1v) is 7.78. The standard InChI is InChI=1S/C15H18INO/c1-9-2-5-12(8-14(9)16)17-15(18)13-7-10-3-4-11(13)6-10/h2,5,8,10-11,13H,3-4,6-7H2,1H3,(H,17,18). The molecule has 3 heteroatoms. The average molecular weight is 355 g/mol. The number of nitrogens with one attached hydrogen (secondary N) is 1. The molecule has 0 radical (unpaired) electrons. The van der Waals surface area contributed by atoms with E-state index in [-0.39, 0.29) is 11.8 Å². The lowest BCUT2D eigenvalue weighted by Gasteiger charge is -2.20. The molecule has 18 heavy (non-hydrogen) atoms. The summed E-state index contributed by atoms with van der Waals surface area (Å²) in [5.74, 6) is 1.98. The Hall–Kier alpha value is -0.580. The van der Waals surface area contributed by atoms with Crippen molar-refractivity contribution in [2.45, 2.75) is 32.6 Å². The lowest BCUT2D eigenvalue weighted by Crippen LogP contribution is -2.27. The number of fused-ring (bicyclic) bond motifs is 2. The Morgan fingerprint density at radius 3 is 2.78 bits per heavy atom. The summed E-state index contributed by atoms with van der Waals surface area (Å²) in [4.78, 5) is 12.3. The fraction of sp³-hybridized carbons (Fsp3) is 0.533. The zero-order valence-electron chi connectivity index (χ0n) is 10.6. The highest BCUT2D eigenvalue weighted by molar-refractivity contribution is 14.1. The second-order valence-electron chi connectivity index (χ2n) is 5.73. The Balaban J connectivity index is 1.69. The largest absolute Gasteiger partial charge is 0.326 e. The number of hydrogen-bond acceptors (Lipinski definition) is 1. The molecular formula is C15H18INO. The smallest absolute Gasteiger partial charge is 0.227 e. The summed E-state index contributed by atoms with van der Waals surface area (Å²) in [6.07, 6.45) is 4.99. The van der Waals surface area contributed by atoms with E-state index in [0.717, 1.165) is 18.0 Å². The van der Waals surface area contributed by atoms with Crippen molar-refractivity contribution in [1.29, 1.82) is 0 Å². The molecule has 1 aromatic carbocycles. The first-order valence-electron chi connectivity index (χ1n) is 6.70. The maximum absolute atomic E-state index is 12.3. The number of amides is 1. The first kappa shape index (κ1) is 12.5. The lowest BCUT2D eigenvalue weighted by molar-refractivity contribution is -0.121. The van der Waals surface area contributed by atoms with Gasteiger partial charge >= 0.3 is 0 Å². The second-order valence-corrected chi connectivity index (χ2v) is 6.90. The molecule has 1 N–H and O–H groups in total. The van der Waals surface area contributed by atoms with Gasteiger partial charge in [-0.2, -0.15) is 0 Å². The third kappa shape index (κ3) is 2.29. The van der Waals surface area contributed by atoms with Crippen molar-refractivity contribution in [2.24, 2.45) is 17.8 Å². The van der Waals surface area contributed by atoms with Gasteiger partial charge in [0.15, 0.2) is 0 Å². The maximum Gasteiger partial charge on any atom is 0.227 e. The van der Waals surface area contributed by atoms with Gasteiger partial charge in [0.05, 0.1) is 0 Å². The van der Waals surface area contributed by atoms with Crippen LogP contribution in [0.5, 0.6) is 0 Å². The van der Waals surface area contributed by atoms with Crippen LogP contribution in [0.25, 0.3) is 0 Å². The van der Waals surface area contributed by atoms with E-state index in [1.807, 2.05) is 6.07 Å². The van der Waals surface area contributed by atoms with E-state index >= 15 is 0 Å². The van der Waals surface area contributed by atoms with E-state index in [4.69, 9.17) is 0 Å². The van der Waals surface area contributed by atoms with E-state index in [0.29, 0.717) is 5.92 Å². The Labute approximate surface area is 122 Å². The Morgan fingerprint density at radius 2 is 2.17 bits per heavy atom. The number of anilines is 1. The van der Waals surface area contributed by atoms with Gasteiger partial charge in [-0.25, -0.2) is 0 Å². The number of hydrogen-bond donors (Lipinski definition) is 1. The molecule has 1 amide bonds. The molecule has 2 aliphatic rings. The highest BCUT2D eigenvalue weighted by atomic mass is 127. The normalized spacial score (nSPS) is 29.6. The van der Waals surface area contributed by atoms with Crippen molar-refractivity contribution in [3.63, 3.8) is 0 Å². The number of carbonyl (C=O) groups is 1. The van der Waals surface area contributed by atoms with Crippen LogP contribution in [0.4, 0.5) is 5.69 Å². The van der Waals surface area contributed by atoms with E-state index < -0.39 is 0 Å². The third-order valence-electron chi connectivity index (χ3n) is 4.51. The van der Waals surface area contributed by atoms with Crippen molar-refractivity contribution < 1.29 is 4.79 Å². The molecule has 0 spiro atoms.